The SMILES string of the molecule is COc1ccc(CN2CCS(=O)(=O)CC2C)cc1C(N)=S. The Balaban J connectivity index is 2.17. The summed E-state index contributed by atoms with van der Waals surface area (Å²) in [6.45, 7) is 3.17. The Kier molecular flexibility index (Phi) is 4.85. The number of sulfone groups is 1. The molecular weight excluding hydrogens is 308 g/mol. The van der Waals surface area contributed by atoms with Gasteiger partial charge in [0, 0.05) is 19.1 Å². The highest BCUT2D eigenvalue weighted by atomic mass is 32.2. The molecule has 21 heavy (non-hydrogen) atoms. The van der Waals surface area contributed by atoms with Crippen molar-refractivity contribution in [3.63, 3.8) is 0 Å². The standard InChI is InChI=1S/C14H20N2O3S2/c1-10-9-21(17,18)6-5-16(10)8-11-3-4-13(19-2)12(7-11)14(15)20/h3-4,7,10H,5-6,8-9H2,1-2H3,(H2,15,20). The van der Waals surface area contributed by atoms with Gasteiger partial charge in [0.15, 0.2) is 9.84 Å². The van der Waals surface area contributed by atoms with Gasteiger partial charge in [0.1, 0.15) is 10.7 Å². The Morgan fingerprint density at radius 1 is 1.52 bits per heavy atom. The number of hydrogen-bond donors (Lipinski definition) is 1. The molecule has 5 nitrogen and oxygen atoms in total. The molecule has 1 aromatic carbocycles. The topological polar surface area (TPSA) is 72.6 Å². The monoisotopic (exact) mass is 328 g/mol. The molecule has 0 radical (unpaired) electrons. The van der Waals surface area contributed by atoms with Crippen LogP contribution in [0.2, 0.25) is 0 Å². The Hall–Kier alpha value is -1.18. The van der Waals surface area contributed by atoms with Crippen LogP contribution in [0.1, 0.15) is 18.1 Å². The van der Waals surface area contributed by atoms with E-state index in [1.807, 2.05) is 25.1 Å². The lowest BCUT2D eigenvalue weighted by Gasteiger charge is -2.33. The van der Waals surface area contributed by atoms with Gasteiger partial charge in [-0.05, 0) is 24.6 Å². The summed E-state index contributed by atoms with van der Waals surface area (Å²) in [4.78, 5) is 2.45. The van der Waals surface area contributed by atoms with Crippen LogP contribution in [0.4, 0.5) is 0 Å². The van der Waals surface area contributed by atoms with E-state index in [0.717, 1.165) is 5.56 Å². The summed E-state index contributed by atoms with van der Waals surface area (Å²) in [6, 6.07) is 5.72. The van der Waals surface area contributed by atoms with Crippen molar-refractivity contribution in [1.82, 2.24) is 4.90 Å². The van der Waals surface area contributed by atoms with E-state index in [1.54, 1.807) is 7.11 Å². The molecule has 1 fully saturated rings. The first-order valence-electron chi connectivity index (χ1n) is 6.73. The van der Waals surface area contributed by atoms with E-state index in [-0.39, 0.29) is 17.5 Å². The van der Waals surface area contributed by atoms with Gasteiger partial charge >= 0.3 is 0 Å². The summed E-state index contributed by atoms with van der Waals surface area (Å²) in [5, 5.41) is 0. The predicted molar refractivity (Wildman–Crippen MR) is 87.4 cm³/mol. The van der Waals surface area contributed by atoms with Crippen LogP contribution in [0.15, 0.2) is 18.2 Å². The van der Waals surface area contributed by atoms with Crippen LogP contribution in [-0.4, -0.2) is 49.5 Å². The summed E-state index contributed by atoms with van der Waals surface area (Å²) in [5.41, 5.74) is 7.47. The molecule has 1 saturated heterocycles. The second kappa shape index (κ2) is 6.29. The maximum atomic E-state index is 11.6. The third-order valence-corrected chi connectivity index (χ3v) is 5.74. The molecule has 0 bridgehead atoms. The Morgan fingerprint density at radius 3 is 2.81 bits per heavy atom. The lowest BCUT2D eigenvalue weighted by atomic mass is 10.1. The van der Waals surface area contributed by atoms with Gasteiger partial charge in [-0.25, -0.2) is 8.42 Å². The van der Waals surface area contributed by atoms with E-state index in [0.29, 0.717) is 29.4 Å². The average molecular weight is 328 g/mol. The van der Waals surface area contributed by atoms with Crippen LogP contribution in [0, 0.1) is 0 Å². The molecule has 0 spiro atoms. The van der Waals surface area contributed by atoms with E-state index in [1.165, 1.54) is 0 Å². The van der Waals surface area contributed by atoms with Crippen LogP contribution in [0.5, 0.6) is 5.75 Å². The normalized spacial score (nSPS) is 21.9. The zero-order chi connectivity index (χ0) is 15.6. The van der Waals surface area contributed by atoms with Crippen molar-refractivity contribution >= 4 is 27.0 Å². The fourth-order valence-corrected chi connectivity index (χ4v) is 4.33. The highest BCUT2D eigenvalue weighted by molar-refractivity contribution is 7.91. The van der Waals surface area contributed by atoms with Crippen LogP contribution in [0.3, 0.4) is 0 Å². The first kappa shape index (κ1) is 16.2. The second-order valence-corrected chi connectivity index (χ2v) is 8.00. The van der Waals surface area contributed by atoms with Crippen molar-refractivity contribution in [2.45, 2.75) is 19.5 Å². The minimum Gasteiger partial charge on any atom is -0.496 e. The van der Waals surface area contributed by atoms with E-state index >= 15 is 0 Å². The molecule has 1 heterocycles. The quantitative estimate of drug-likeness (QED) is 0.830. The first-order chi connectivity index (χ1) is 9.82. The molecule has 0 saturated carbocycles. The Bertz CT molecular complexity index is 644. The number of rotatable bonds is 4. The van der Waals surface area contributed by atoms with Crippen LogP contribution in [0.25, 0.3) is 0 Å². The Morgan fingerprint density at radius 2 is 2.24 bits per heavy atom. The number of nitrogens with zero attached hydrogens (tertiary/aromatic N) is 1. The molecule has 1 aromatic rings. The molecule has 0 aliphatic carbocycles. The minimum absolute atomic E-state index is 0.0131. The van der Waals surface area contributed by atoms with Crippen molar-refractivity contribution in [3.05, 3.63) is 29.3 Å². The molecule has 0 aromatic heterocycles. The lowest BCUT2D eigenvalue weighted by molar-refractivity contribution is 0.218. The van der Waals surface area contributed by atoms with Gasteiger partial charge in [0.05, 0.1) is 24.2 Å². The highest BCUT2D eigenvalue weighted by Gasteiger charge is 2.28. The van der Waals surface area contributed by atoms with Gasteiger partial charge in [-0.2, -0.15) is 0 Å². The van der Waals surface area contributed by atoms with Gasteiger partial charge in [-0.3, -0.25) is 4.90 Å². The first-order valence-corrected chi connectivity index (χ1v) is 8.96. The van der Waals surface area contributed by atoms with Gasteiger partial charge in [-0.1, -0.05) is 18.3 Å². The summed E-state index contributed by atoms with van der Waals surface area (Å²) in [6.07, 6.45) is 0. The third kappa shape index (κ3) is 3.93. The number of ether oxygens (including phenoxy) is 1. The number of benzene rings is 1. The van der Waals surface area contributed by atoms with Crippen molar-refractivity contribution in [2.75, 3.05) is 25.2 Å². The van der Waals surface area contributed by atoms with Crippen LogP contribution in [-0.2, 0) is 16.4 Å². The fraction of sp³-hybridized carbons (Fsp3) is 0.500. The molecule has 0 amide bonds. The second-order valence-electron chi connectivity index (χ2n) is 5.33. The summed E-state index contributed by atoms with van der Waals surface area (Å²) in [5.74, 6) is 1.08. The van der Waals surface area contributed by atoms with Gasteiger partial charge in [0.25, 0.3) is 0 Å². The summed E-state index contributed by atoms with van der Waals surface area (Å²) >= 11 is 5.04. The predicted octanol–water partition coefficient (Wildman–Crippen LogP) is 0.948. The van der Waals surface area contributed by atoms with Gasteiger partial charge in [0.2, 0.25) is 0 Å². The summed E-state index contributed by atoms with van der Waals surface area (Å²) in [7, 11) is -1.31. The maximum absolute atomic E-state index is 11.6. The molecule has 1 aliphatic rings. The number of thiocarbonyl (C=S) groups is 1. The minimum atomic E-state index is -2.89. The molecule has 1 atom stereocenters. The zero-order valence-electron chi connectivity index (χ0n) is 12.2. The molecular formula is C14H20N2O3S2. The van der Waals surface area contributed by atoms with E-state index < -0.39 is 9.84 Å². The van der Waals surface area contributed by atoms with E-state index in [4.69, 9.17) is 22.7 Å². The number of nitrogens with two attached hydrogens (primary N) is 1. The molecule has 2 N–H and O–H groups in total. The number of methoxy groups -OCH3 is 1. The summed E-state index contributed by atoms with van der Waals surface area (Å²) < 4.78 is 28.5. The smallest absolute Gasteiger partial charge is 0.153 e. The Labute approximate surface area is 131 Å². The van der Waals surface area contributed by atoms with E-state index in [2.05, 4.69) is 4.90 Å². The van der Waals surface area contributed by atoms with Crippen molar-refractivity contribution in [2.24, 2.45) is 5.73 Å². The molecule has 7 heteroatoms. The largest absolute Gasteiger partial charge is 0.496 e. The molecule has 1 aliphatic heterocycles. The average Bonchev–Trinajstić information content (AvgIpc) is 2.41. The van der Waals surface area contributed by atoms with Crippen molar-refractivity contribution in [3.8, 4) is 5.75 Å². The van der Waals surface area contributed by atoms with Gasteiger partial charge in [-0.15, -0.1) is 0 Å². The number of hydrogen-bond acceptors (Lipinski definition) is 5. The van der Waals surface area contributed by atoms with Crippen molar-refractivity contribution < 1.29 is 13.2 Å². The molecule has 2 rings (SSSR count). The van der Waals surface area contributed by atoms with E-state index in [9.17, 15) is 8.42 Å². The maximum Gasteiger partial charge on any atom is 0.153 e. The highest BCUT2D eigenvalue weighted by Crippen LogP contribution is 2.22. The van der Waals surface area contributed by atoms with Crippen molar-refractivity contribution in [1.29, 1.82) is 0 Å². The lowest BCUT2D eigenvalue weighted by Crippen LogP contribution is -2.46. The van der Waals surface area contributed by atoms with Crippen LogP contribution >= 0.6 is 12.2 Å². The van der Waals surface area contributed by atoms with Crippen LogP contribution < -0.4 is 10.5 Å². The van der Waals surface area contributed by atoms with Gasteiger partial charge < -0.3 is 10.5 Å². The zero-order valence-corrected chi connectivity index (χ0v) is 13.8. The third-order valence-electron chi connectivity index (χ3n) is 3.72. The fourth-order valence-electron chi connectivity index (χ4n) is 2.55. The molecule has 116 valence electrons. The molecule has 1 unspecified atom stereocenters.